The van der Waals surface area contributed by atoms with E-state index in [1.165, 1.54) is 11.1 Å². The van der Waals surface area contributed by atoms with Crippen molar-refractivity contribution in [2.75, 3.05) is 0 Å². The van der Waals surface area contributed by atoms with Gasteiger partial charge in [0, 0.05) is 12.1 Å². The molecule has 0 spiro atoms. The van der Waals surface area contributed by atoms with Gasteiger partial charge in [0.05, 0.1) is 23.9 Å². The maximum atomic E-state index is 15.3. The smallest absolute Gasteiger partial charge is 0.228 e. The SMILES string of the molecule is CC1CC2C(Cc3ccccc3)C(=O)N3C(CC(C)C3c3ccccc3)C(Cc3ccccc3)C(=O)N2C1c1ccccc1. The van der Waals surface area contributed by atoms with E-state index in [2.05, 4.69) is 121 Å². The Bertz CT molecular complexity index is 1450. The Kier molecular flexibility index (Phi) is 7.84. The highest BCUT2D eigenvalue weighted by atomic mass is 16.2. The van der Waals surface area contributed by atoms with Crippen LogP contribution in [0.5, 0.6) is 0 Å². The molecule has 0 N–H and O–H groups in total. The van der Waals surface area contributed by atoms with Gasteiger partial charge >= 0.3 is 0 Å². The van der Waals surface area contributed by atoms with Crippen molar-refractivity contribution in [3.8, 4) is 0 Å². The number of carbonyl (C=O) groups excluding carboxylic acids is 2. The zero-order valence-electron chi connectivity index (χ0n) is 25.7. The molecule has 0 bridgehead atoms. The van der Waals surface area contributed by atoms with Gasteiger partial charge in [0.1, 0.15) is 0 Å². The van der Waals surface area contributed by atoms with Crippen LogP contribution in [0.1, 0.15) is 61.0 Å². The Balaban J connectivity index is 1.39. The standard InChI is InChI=1S/C40H42N2O2/c1-27-23-35-33(25-29-15-7-3-8-16-29)40(44)42-36(24-28(2)38(42)32-21-13-6-14-22-32)34(26-30-17-9-4-10-18-30)39(43)41(35)37(27)31-19-11-5-12-20-31/h3-22,27-28,33-38H,23-26H2,1-2H3. The van der Waals surface area contributed by atoms with Crippen molar-refractivity contribution in [2.45, 2.75) is 63.7 Å². The maximum Gasteiger partial charge on any atom is 0.228 e. The average molecular weight is 583 g/mol. The lowest BCUT2D eigenvalue weighted by molar-refractivity contribution is -0.155. The van der Waals surface area contributed by atoms with Gasteiger partial charge in [0.25, 0.3) is 0 Å². The Labute approximate surface area is 261 Å². The topological polar surface area (TPSA) is 40.6 Å². The number of hydrogen-bond acceptors (Lipinski definition) is 2. The van der Waals surface area contributed by atoms with Crippen LogP contribution in [0.25, 0.3) is 0 Å². The summed E-state index contributed by atoms with van der Waals surface area (Å²) in [7, 11) is 0. The molecule has 0 aliphatic carbocycles. The Hall–Kier alpha value is -4.18. The fourth-order valence-electron chi connectivity index (χ4n) is 8.70. The molecule has 4 nitrogen and oxygen atoms in total. The van der Waals surface area contributed by atoms with E-state index in [1.54, 1.807) is 0 Å². The van der Waals surface area contributed by atoms with Crippen LogP contribution in [0.3, 0.4) is 0 Å². The molecule has 7 rings (SSSR count). The molecule has 3 aliphatic rings. The number of benzene rings is 4. The minimum absolute atomic E-state index is 0.0478. The highest BCUT2D eigenvalue weighted by Gasteiger charge is 2.57. The van der Waals surface area contributed by atoms with E-state index in [0.29, 0.717) is 12.8 Å². The predicted octanol–water partition coefficient (Wildman–Crippen LogP) is 7.67. The minimum Gasteiger partial charge on any atom is -0.331 e. The van der Waals surface area contributed by atoms with Gasteiger partial charge in [-0.2, -0.15) is 0 Å². The summed E-state index contributed by atoms with van der Waals surface area (Å²) in [5, 5.41) is 0. The Morgan fingerprint density at radius 2 is 0.818 bits per heavy atom. The summed E-state index contributed by atoms with van der Waals surface area (Å²) in [5.74, 6) is 0.277. The molecule has 4 aromatic carbocycles. The number of fused-ring (bicyclic) bond motifs is 2. The number of hydrogen-bond donors (Lipinski definition) is 0. The molecule has 4 aromatic rings. The third kappa shape index (κ3) is 5.15. The van der Waals surface area contributed by atoms with Crippen LogP contribution in [0, 0.1) is 23.7 Å². The molecule has 8 unspecified atom stereocenters. The Morgan fingerprint density at radius 3 is 1.16 bits per heavy atom. The second-order valence-electron chi connectivity index (χ2n) is 13.4. The van der Waals surface area contributed by atoms with Crippen LogP contribution in [0.15, 0.2) is 121 Å². The number of nitrogens with zero attached hydrogens (tertiary/aromatic N) is 2. The van der Waals surface area contributed by atoms with Crippen LogP contribution in [0.4, 0.5) is 0 Å². The molecule has 0 radical (unpaired) electrons. The first-order valence-corrected chi connectivity index (χ1v) is 16.3. The van der Waals surface area contributed by atoms with Crippen molar-refractivity contribution in [3.63, 3.8) is 0 Å². The van der Waals surface area contributed by atoms with Crippen molar-refractivity contribution < 1.29 is 9.59 Å². The fraction of sp³-hybridized carbons (Fsp3) is 0.350. The summed E-state index contributed by atoms with van der Waals surface area (Å²) in [4.78, 5) is 35.0. The lowest BCUT2D eigenvalue weighted by Crippen LogP contribution is -2.58. The van der Waals surface area contributed by atoms with Gasteiger partial charge in [-0.25, -0.2) is 0 Å². The largest absolute Gasteiger partial charge is 0.331 e. The van der Waals surface area contributed by atoms with E-state index in [1.807, 2.05) is 24.3 Å². The first-order valence-electron chi connectivity index (χ1n) is 16.3. The molecular formula is C40H42N2O2. The zero-order chi connectivity index (χ0) is 30.2. The normalized spacial score (nSPS) is 30.0. The summed E-state index contributed by atoms with van der Waals surface area (Å²) in [5.41, 5.74) is 4.63. The molecule has 3 heterocycles. The summed E-state index contributed by atoms with van der Waals surface area (Å²) in [6.45, 7) is 4.53. The maximum absolute atomic E-state index is 15.3. The molecular weight excluding hydrogens is 540 g/mol. The number of carbonyl (C=O) groups is 2. The van der Waals surface area contributed by atoms with Gasteiger partial charge in [-0.05, 0) is 59.8 Å². The lowest BCUT2D eigenvalue weighted by atomic mass is 9.82. The van der Waals surface area contributed by atoms with Crippen LogP contribution in [-0.2, 0) is 22.4 Å². The molecule has 3 saturated heterocycles. The summed E-state index contributed by atoms with van der Waals surface area (Å²) >= 11 is 0. The molecule has 224 valence electrons. The molecule has 8 atom stereocenters. The zero-order valence-corrected chi connectivity index (χ0v) is 25.7. The summed E-state index contributed by atoms with van der Waals surface area (Å²) in [6.07, 6.45) is 2.89. The third-order valence-electron chi connectivity index (χ3n) is 10.6. The second kappa shape index (κ2) is 12.1. The van der Waals surface area contributed by atoms with Gasteiger partial charge in [0.15, 0.2) is 0 Å². The monoisotopic (exact) mass is 582 g/mol. The molecule has 4 heteroatoms. The molecule has 44 heavy (non-hydrogen) atoms. The van der Waals surface area contributed by atoms with Crippen molar-refractivity contribution >= 4 is 11.8 Å². The first kappa shape index (κ1) is 28.6. The molecule has 0 aromatic heterocycles. The van der Waals surface area contributed by atoms with Crippen LogP contribution < -0.4 is 0 Å². The van der Waals surface area contributed by atoms with Crippen molar-refractivity contribution in [2.24, 2.45) is 23.7 Å². The molecule has 3 aliphatic heterocycles. The van der Waals surface area contributed by atoms with Crippen molar-refractivity contribution in [1.29, 1.82) is 0 Å². The van der Waals surface area contributed by atoms with E-state index in [0.717, 1.165) is 24.0 Å². The van der Waals surface area contributed by atoms with Crippen molar-refractivity contribution in [3.05, 3.63) is 144 Å². The summed E-state index contributed by atoms with van der Waals surface area (Å²) < 4.78 is 0. The fourth-order valence-corrected chi connectivity index (χ4v) is 8.70. The van der Waals surface area contributed by atoms with Gasteiger partial charge in [-0.15, -0.1) is 0 Å². The van der Waals surface area contributed by atoms with Crippen LogP contribution in [0.2, 0.25) is 0 Å². The van der Waals surface area contributed by atoms with E-state index in [9.17, 15) is 0 Å². The lowest BCUT2D eigenvalue weighted by Gasteiger charge is -2.46. The van der Waals surface area contributed by atoms with E-state index >= 15 is 9.59 Å². The Morgan fingerprint density at radius 1 is 0.500 bits per heavy atom. The van der Waals surface area contributed by atoms with E-state index in [-0.39, 0.29) is 59.7 Å². The molecule has 2 amide bonds. The van der Waals surface area contributed by atoms with E-state index < -0.39 is 0 Å². The average Bonchev–Trinajstić information content (AvgIpc) is 3.59. The van der Waals surface area contributed by atoms with E-state index in [4.69, 9.17) is 0 Å². The number of rotatable bonds is 6. The predicted molar refractivity (Wildman–Crippen MR) is 174 cm³/mol. The van der Waals surface area contributed by atoms with Crippen LogP contribution >= 0.6 is 0 Å². The molecule has 0 saturated carbocycles. The highest BCUT2D eigenvalue weighted by molar-refractivity contribution is 5.88. The van der Waals surface area contributed by atoms with Gasteiger partial charge in [-0.1, -0.05) is 135 Å². The van der Waals surface area contributed by atoms with Crippen LogP contribution in [-0.4, -0.2) is 33.7 Å². The first-order chi connectivity index (χ1) is 21.5. The highest BCUT2D eigenvalue weighted by Crippen LogP contribution is 2.51. The van der Waals surface area contributed by atoms with Gasteiger partial charge in [-0.3, -0.25) is 9.59 Å². The summed E-state index contributed by atoms with van der Waals surface area (Å²) in [6, 6.07) is 41.4. The second-order valence-corrected chi connectivity index (χ2v) is 13.4. The minimum atomic E-state index is -0.311. The third-order valence-corrected chi connectivity index (χ3v) is 10.6. The van der Waals surface area contributed by atoms with Crippen molar-refractivity contribution in [1.82, 2.24) is 9.80 Å². The quantitative estimate of drug-likeness (QED) is 0.234. The molecule has 3 fully saturated rings. The van der Waals surface area contributed by atoms with Gasteiger partial charge in [0.2, 0.25) is 11.8 Å². The number of amides is 2. The van der Waals surface area contributed by atoms with Gasteiger partial charge < -0.3 is 9.80 Å².